The van der Waals surface area contributed by atoms with Crippen LogP contribution in [0.2, 0.25) is 0 Å². The fourth-order valence-electron chi connectivity index (χ4n) is 5.50. The summed E-state index contributed by atoms with van der Waals surface area (Å²) in [5.74, 6) is 1.51. The van der Waals surface area contributed by atoms with Crippen molar-refractivity contribution < 1.29 is 13.7 Å². The molecule has 0 saturated heterocycles. The molecule has 7 heteroatoms. The summed E-state index contributed by atoms with van der Waals surface area (Å²) in [6, 6.07) is 4.58. The third-order valence-corrected chi connectivity index (χ3v) is 7.45. The summed E-state index contributed by atoms with van der Waals surface area (Å²) in [4.78, 5) is 17.9. The summed E-state index contributed by atoms with van der Waals surface area (Å²) in [7, 11) is 1.71. The van der Waals surface area contributed by atoms with E-state index < -0.39 is 0 Å². The highest BCUT2D eigenvalue weighted by atomic mass is 19.1. The predicted octanol–water partition coefficient (Wildman–Crippen LogP) is 4.70. The maximum atomic E-state index is 13.7. The van der Waals surface area contributed by atoms with Gasteiger partial charge in [0.15, 0.2) is 5.58 Å². The van der Waals surface area contributed by atoms with Gasteiger partial charge in [-0.3, -0.25) is 9.36 Å². The van der Waals surface area contributed by atoms with Gasteiger partial charge < -0.3 is 9.26 Å². The number of aromatic nitrogens is 3. The van der Waals surface area contributed by atoms with Crippen LogP contribution in [-0.2, 0) is 24.1 Å². The van der Waals surface area contributed by atoms with Crippen LogP contribution in [0.15, 0.2) is 27.5 Å². The highest BCUT2D eigenvalue weighted by Crippen LogP contribution is 2.39. The van der Waals surface area contributed by atoms with E-state index in [-0.39, 0.29) is 17.5 Å². The van der Waals surface area contributed by atoms with E-state index in [4.69, 9.17) is 14.2 Å². The van der Waals surface area contributed by atoms with Crippen molar-refractivity contribution in [1.82, 2.24) is 14.7 Å². The van der Waals surface area contributed by atoms with Gasteiger partial charge in [0.1, 0.15) is 11.6 Å². The van der Waals surface area contributed by atoms with Gasteiger partial charge in [-0.2, -0.15) is 0 Å². The quantitative estimate of drug-likeness (QED) is 0.576. The third-order valence-electron chi connectivity index (χ3n) is 7.45. The first-order valence-electron chi connectivity index (χ1n) is 11.7. The summed E-state index contributed by atoms with van der Waals surface area (Å²) in [6.07, 6.45) is 7.75. The van der Waals surface area contributed by atoms with Crippen molar-refractivity contribution in [2.75, 3.05) is 7.11 Å². The minimum atomic E-state index is -0.257. The van der Waals surface area contributed by atoms with Crippen LogP contribution < -0.4 is 5.56 Å². The van der Waals surface area contributed by atoms with Crippen molar-refractivity contribution in [2.45, 2.75) is 76.9 Å². The van der Waals surface area contributed by atoms with E-state index in [1.807, 2.05) is 11.5 Å². The van der Waals surface area contributed by atoms with Gasteiger partial charge in [0.25, 0.3) is 5.56 Å². The van der Waals surface area contributed by atoms with E-state index in [1.54, 1.807) is 13.2 Å². The van der Waals surface area contributed by atoms with Crippen molar-refractivity contribution in [2.24, 2.45) is 5.92 Å². The van der Waals surface area contributed by atoms with E-state index in [0.717, 1.165) is 79.5 Å². The van der Waals surface area contributed by atoms with Crippen LogP contribution in [0.3, 0.4) is 0 Å². The Morgan fingerprint density at radius 1 is 1.22 bits per heavy atom. The first-order chi connectivity index (χ1) is 15.5. The zero-order chi connectivity index (χ0) is 22.2. The van der Waals surface area contributed by atoms with Crippen LogP contribution in [-0.4, -0.2) is 27.9 Å². The average Bonchev–Trinajstić information content (AvgIpc) is 3.22. The molecule has 32 heavy (non-hydrogen) atoms. The van der Waals surface area contributed by atoms with Gasteiger partial charge in [-0.1, -0.05) is 5.16 Å². The minimum absolute atomic E-state index is 0.0916. The van der Waals surface area contributed by atoms with Gasteiger partial charge in [-0.05, 0) is 76.0 Å². The number of methoxy groups -OCH3 is 1. The Morgan fingerprint density at radius 3 is 2.81 bits per heavy atom. The average molecular weight is 440 g/mol. The van der Waals surface area contributed by atoms with Gasteiger partial charge >= 0.3 is 0 Å². The maximum Gasteiger partial charge on any atom is 0.257 e. The molecule has 2 aromatic heterocycles. The predicted molar refractivity (Wildman–Crippen MR) is 119 cm³/mol. The maximum absolute atomic E-state index is 13.7. The van der Waals surface area contributed by atoms with Gasteiger partial charge in [-0.25, -0.2) is 9.37 Å². The fraction of sp³-hybridized carbons (Fsp3) is 0.560. The van der Waals surface area contributed by atoms with Gasteiger partial charge in [0.05, 0.1) is 18.3 Å². The monoisotopic (exact) mass is 439 g/mol. The molecule has 6 nitrogen and oxygen atoms in total. The molecule has 1 aromatic carbocycles. The Bertz CT molecular complexity index is 1180. The Kier molecular flexibility index (Phi) is 5.84. The molecule has 170 valence electrons. The largest absolute Gasteiger partial charge is 0.380 e. The number of ether oxygens (including phenoxy) is 1. The molecular weight excluding hydrogens is 409 g/mol. The molecule has 2 aliphatic rings. The SMILES string of the molecule is CO[C@@H]1CCc2nc(C)c(CCC3CCC(c4noc5ccc(F)cc45)CC3)c(=O)n2C1. The number of benzene rings is 1. The lowest BCUT2D eigenvalue weighted by molar-refractivity contribution is 0.0684. The van der Waals surface area contributed by atoms with Crippen molar-refractivity contribution >= 4 is 11.0 Å². The molecule has 0 N–H and O–H groups in total. The van der Waals surface area contributed by atoms with E-state index in [9.17, 15) is 9.18 Å². The van der Waals surface area contributed by atoms with Crippen LogP contribution in [0.25, 0.3) is 11.0 Å². The van der Waals surface area contributed by atoms with Crippen molar-refractivity contribution in [3.05, 3.63) is 57.1 Å². The Labute approximate surface area is 186 Å². The molecule has 1 saturated carbocycles. The molecule has 0 spiro atoms. The number of nitrogens with zero attached hydrogens (tertiary/aromatic N) is 3. The van der Waals surface area contributed by atoms with Gasteiger partial charge in [0.2, 0.25) is 0 Å². The van der Waals surface area contributed by atoms with E-state index in [1.165, 1.54) is 12.1 Å². The van der Waals surface area contributed by atoms with Gasteiger partial charge in [0, 0.05) is 36.1 Å². The number of rotatable bonds is 5. The molecule has 1 aliphatic heterocycles. The molecule has 5 rings (SSSR count). The van der Waals surface area contributed by atoms with Crippen LogP contribution in [0.1, 0.15) is 67.2 Å². The molecule has 0 bridgehead atoms. The van der Waals surface area contributed by atoms with E-state index in [0.29, 0.717) is 24.0 Å². The minimum Gasteiger partial charge on any atom is -0.380 e. The molecule has 3 heterocycles. The summed E-state index contributed by atoms with van der Waals surface area (Å²) >= 11 is 0. The molecular formula is C25H30FN3O3. The van der Waals surface area contributed by atoms with Crippen LogP contribution in [0, 0.1) is 18.7 Å². The summed E-state index contributed by atoms with van der Waals surface area (Å²) in [5.41, 5.74) is 3.38. The number of aryl methyl sites for hydroxylation is 2. The molecule has 0 amide bonds. The van der Waals surface area contributed by atoms with Crippen LogP contribution in [0.4, 0.5) is 4.39 Å². The summed E-state index contributed by atoms with van der Waals surface area (Å²) in [6.45, 7) is 2.56. The number of hydrogen-bond donors (Lipinski definition) is 0. The van der Waals surface area contributed by atoms with Crippen LogP contribution >= 0.6 is 0 Å². The molecule has 1 fully saturated rings. The zero-order valence-corrected chi connectivity index (χ0v) is 18.8. The van der Waals surface area contributed by atoms with Crippen LogP contribution in [0.5, 0.6) is 0 Å². The standard InChI is InChI=1S/C25H30FN3O3/c1-15-20(25(30)29-14-19(31-2)9-12-23(29)27-15)10-5-16-3-6-17(7-4-16)24-21-13-18(26)8-11-22(21)32-28-24/h8,11,13,16-17,19H,3-7,9-10,12,14H2,1-2H3/t16?,17?,19-/m1/s1. The Morgan fingerprint density at radius 2 is 2.03 bits per heavy atom. The second-order valence-electron chi connectivity index (χ2n) is 9.37. The molecule has 1 aliphatic carbocycles. The lowest BCUT2D eigenvalue weighted by atomic mass is 9.78. The smallest absolute Gasteiger partial charge is 0.257 e. The first-order valence-corrected chi connectivity index (χ1v) is 11.7. The van der Waals surface area contributed by atoms with Gasteiger partial charge in [-0.15, -0.1) is 0 Å². The molecule has 3 aromatic rings. The second kappa shape index (κ2) is 8.77. The van der Waals surface area contributed by atoms with Crippen molar-refractivity contribution in [3.8, 4) is 0 Å². The number of halogens is 1. The molecule has 0 radical (unpaired) electrons. The summed E-state index contributed by atoms with van der Waals surface area (Å²) < 4.78 is 26.4. The third kappa shape index (κ3) is 3.98. The van der Waals surface area contributed by atoms with E-state index in [2.05, 4.69) is 5.16 Å². The van der Waals surface area contributed by atoms with Crippen molar-refractivity contribution in [3.63, 3.8) is 0 Å². The first kappa shape index (κ1) is 21.3. The Hall–Kier alpha value is -2.54. The highest BCUT2D eigenvalue weighted by molar-refractivity contribution is 5.79. The lowest BCUT2D eigenvalue weighted by Gasteiger charge is -2.28. The normalized spacial score (nSPS) is 23.4. The number of hydrogen-bond acceptors (Lipinski definition) is 5. The second-order valence-corrected chi connectivity index (χ2v) is 9.37. The number of fused-ring (bicyclic) bond motifs is 2. The molecule has 1 atom stereocenters. The summed E-state index contributed by atoms with van der Waals surface area (Å²) in [5, 5.41) is 5.05. The van der Waals surface area contributed by atoms with Crippen molar-refractivity contribution in [1.29, 1.82) is 0 Å². The zero-order valence-electron chi connectivity index (χ0n) is 18.8. The Balaban J connectivity index is 1.24. The fourth-order valence-corrected chi connectivity index (χ4v) is 5.50. The topological polar surface area (TPSA) is 70.2 Å². The highest BCUT2D eigenvalue weighted by Gasteiger charge is 2.27. The van der Waals surface area contributed by atoms with E-state index >= 15 is 0 Å². The molecule has 0 unspecified atom stereocenters. The lowest BCUT2D eigenvalue weighted by Crippen LogP contribution is -2.38.